The Labute approximate surface area is 269 Å². The number of benzene rings is 2. The lowest BCUT2D eigenvalue weighted by Crippen LogP contribution is -2.29. The van der Waals surface area contributed by atoms with Crippen LogP contribution in [0.2, 0.25) is 0 Å². The van der Waals surface area contributed by atoms with Crippen molar-refractivity contribution in [1.82, 2.24) is 14.7 Å². The maximum Gasteiger partial charge on any atom is 0.303 e. The van der Waals surface area contributed by atoms with E-state index < -0.39 is 5.97 Å². The number of hydrogen-bond acceptors (Lipinski definition) is 6. The van der Waals surface area contributed by atoms with Gasteiger partial charge in [-0.05, 0) is 55.4 Å². The normalized spacial score (nSPS) is 14.3. The van der Waals surface area contributed by atoms with Crippen molar-refractivity contribution in [2.75, 3.05) is 12.3 Å². The van der Waals surface area contributed by atoms with Crippen LogP contribution < -0.4 is 0 Å². The highest BCUT2D eigenvalue weighted by Gasteiger charge is 2.32. The largest absolute Gasteiger partial charge is 0.481 e. The van der Waals surface area contributed by atoms with Crippen LogP contribution in [0.3, 0.4) is 0 Å². The van der Waals surface area contributed by atoms with Gasteiger partial charge in [-0.3, -0.25) is 14.5 Å². The number of aromatic nitrogens is 2. The van der Waals surface area contributed by atoms with E-state index in [1.807, 2.05) is 59.0 Å². The van der Waals surface area contributed by atoms with Crippen LogP contribution in [0.25, 0.3) is 23.0 Å². The number of carboxylic acid groups (broad SMARTS) is 1. The maximum atomic E-state index is 13.4. The topological polar surface area (TPSA) is 75.4 Å². The van der Waals surface area contributed by atoms with Crippen molar-refractivity contribution in [2.45, 2.75) is 82.4 Å². The predicted molar refractivity (Wildman–Crippen MR) is 184 cm³/mol. The second-order valence-corrected chi connectivity index (χ2v) is 13.6. The smallest absolute Gasteiger partial charge is 0.303 e. The molecule has 228 valence electrons. The number of para-hydroxylation sites is 1. The summed E-state index contributed by atoms with van der Waals surface area (Å²) in [5.74, 6) is 0.367. The molecule has 1 aliphatic rings. The summed E-state index contributed by atoms with van der Waals surface area (Å²) in [7, 11) is 0. The van der Waals surface area contributed by atoms with Crippen molar-refractivity contribution >= 4 is 58.0 Å². The first-order valence-corrected chi connectivity index (χ1v) is 17.5. The summed E-state index contributed by atoms with van der Waals surface area (Å²) in [5, 5.41) is 13.7. The minimum atomic E-state index is -0.713. The molecule has 9 heteroatoms. The summed E-state index contributed by atoms with van der Waals surface area (Å²) >= 11 is 8.86. The van der Waals surface area contributed by atoms with E-state index in [2.05, 4.69) is 31.2 Å². The molecule has 0 radical (unpaired) electrons. The van der Waals surface area contributed by atoms with Crippen LogP contribution in [-0.2, 0) is 9.59 Å². The van der Waals surface area contributed by atoms with Crippen LogP contribution in [0.1, 0.15) is 83.1 Å². The average Bonchev–Trinajstić information content (AvgIpc) is 3.55. The van der Waals surface area contributed by atoms with E-state index in [-0.39, 0.29) is 12.3 Å². The van der Waals surface area contributed by atoms with E-state index in [1.54, 1.807) is 4.90 Å². The highest BCUT2D eigenvalue weighted by Crippen LogP contribution is 2.35. The Morgan fingerprint density at radius 2 is 1.63 bits per heavy atom. The summed E-state index contributed by atoms with van der Waals surface area (Å²) in [6.45, 7) is 2.84. The third-order valence-electron chi connectivity index (χ3n) is 7.34. The van der Waals surface area contributed by atoms with Gasteiger partial charge in [0, 0.05) is 35.2 Å². The van der Waals surface area contributed by atoms with Gasteiger partial charge < -0.3 is 5.11 Å². The number of aliphatic carboxylic acids is 1. The third kappa shape index (κ3) is 10.1. The van der Waals surface area contributed by atoms with Gasteiger partial charge in [0.2, 0.25) is 0 Å². The van der Waals surface area contributed by atoms with Gasteiger partial charge in [-0.2, -0.15) is 5.10 Å². The molecule has 0 aliphatic carbocycles. The van der Waals surface area contributed by atoms with Crippen molar-refractivity contribution in [3.8, 4) is 16.9 Å². The zero-order valence-electron chi connectivity index (χ0n) is 24.9. The van der Waals surface area contributed by atoms with Crippen LogP contribution in [-0.4, -0.2) is 48.3 Å². The minimum absolute atomic E-state index is 0.0329. The quantitative estimate of drug-likeness (QED) is 0.0646. The van der Waals surface area contributed by atoms with Gasteiger partial charge in [0.05, 0.1) is 16.3 Å². The fraction of sp³-hybridized carbons (Fsp3) is 0.412. The Kier molecular flexibility index (Phi) is 13.4. The number of hydrogen-bond donors (Lipinski definition) is 1. The molecule has 1 aliphatic heterocycles. The number of carboxylic acids is 1. The molecule has 4 rings (SSSR count). The van der Waals surface area contributed by atoms with Crippen molar-refractivity contribution < 1.29 is 14.7 Å². The Morgan fingerprint density at radius 3 is 2.30 bits per heavy atom. The number of amides is 1. The molecule has 1 fully saturated rings. The number of thioether (sulfide) groups is 2. The van der Waals surface area contributed by atoms with E-state index >= 15 is 0 Å². The molecule has 2 heterocycles. The van der Waals surface area contributed by atoms with Crippen LogP contribution in [0.5, 0.6) is 0 Å². The van der Waals surface area contributed by atoms with Crippen LogP contribution in [0.15, 0.2) is 70.6 Å². The molecule has 0 saturated carbocycles. The molecule has 43 heavy (non-hydrogen) atoms. The Bertz CT molecular complexity index is 1390. The highest BCUT2D eigenvalue weighted by atomic mass is 32.2. The van der Waals surface area contributed by atoms with Crippen molar-refractivity contribution in [2.24, 2.45) is 0 Å². The highest BCUT2D eigenvalue weighted by molar-refractivity contribution is 8.26. The lowest BCUT2D eigenvalue weighted by atomic mass is 10.1. The molecular formula is C34H41N3O3S3. The monoisotopic (exact) mass is 635 g/mol. The number of carbonyl (C=O) groups is 2. The SMILES string of the molecule is CCCCSc1ccc(-c2nn(-c3ccccc3)cc2/C=C2\SC(=S)N(CCCCCCCCCCC(=O)O)C2=O)cc1. The van der Waals surface area contributed by atoms with Gasteiger partial charge >= 0.3 is 5.97 Å². The minimum Gasteiger partial charge on any atom is -0.481 e. The van der Waals surface area contributed by atoms with Gasteiger partial charge in [0.25, 0.3) is 5.91 Å². The molecule has 0 unspecified atom stereocenters. The summed E-state index contributed by atoms with van der Waals surface area (Å²) in [6.07, 6.45) is 14.7. The average molecular weight is 636 g/mol. The van der Waals surface area contributed by atoms with Gasteiger partial charge in [-0.15, -0.1) is 11.8 Å². The molecule has 6 nitrogen and oxygen atoms in total. The summed E-state index contributed by atoms with van der Waals surface area (Å²) in [4.78, 5) is 27.6. The van der Waals surface area contributed by atoms with E-state index in [1.165, 1.54) is 29.5 Å². The van der Waals surface area contributed by atoms with Gasteiger partial charge in [-0.1, -0.05) is 106 Å². The number of rotatable bonds is 18. The predicted octanol–water partition coefficient (Wildman–Crippen LogP) is 9.23. The first-order chi connectivity index (χ1) is 21.0. The molecule has 2 aromatic carbocycles. The molecule has 0 spiro atoms. The lowest BCUT2D eigenvalue weighted by Gasteiger charge is -2.14. The molecule has 0 bridgehead atoms. The van der Waals surface area contributed by atoms with E-state index in [9.17, 15) is 9.59 Å². The summed E-state index contributed by atoms with van der Waals surface area (Å²) in [6, 6.07) is 18.5. The molecule has 3 aromatic rings. The number of carbonyl (C=O) groups excluding carboxylic acids is 1. The zero-order chi connectivity index (χ0) is 30.4. The van der Waals surface area contributed by atoms with Gasteiger partial charge in [0.15, 0.2) is 0 Å². The second-order valence-electron chi connectivity index (χ2n) is 10.7. The zero-order valence-corrected chi connectivity index (χ0v) is 27.3. The van der Waals surface area contributed by atoms with Crippen LogP contribution >= 0.6 is 35.7 Å². The molecule has 1 N–H and O–H groups in total. The van der Waals surface area contributed by atoms with Crippen LogP contribution in [0.4, 0.5) is 0 Å². The van der Waals surface area contributed by atoms with E-state index in [0.717, 1.165) is 79.6 Å². The number of unbranched alkanes of at least 4 members (excludes halogenated alkanes) is 8. The van der Waals surface area contributed by atoms with Crippen molar-refractivity contribution in [3.63, 3.8) is 0 Å². The standard InChI is InChI=1S/C34H41N3O3S3/c1-2-3-23-42-29-20-18-26(19-21-29)32-27(25-37(35-32)28-15-11-10-12-16-28)24-30-33(40)36(34(41)43-30)22-14-9-7-5-4-6-8-13-17-31(38)39/h10-12,15-16,18-21,24-25H,2-9,13-14,17,22-23H2,1H3,(H,38,39)/b30-24-. The molecule has 1 aromatic heterocycles. The second kappa shape index (κ2) is 17.4. The fourth-order valence-electron chi connectivity index (χ4n) is 4.91. The lowest BCUT2D eigenvalue weighted by molar-refractivity contribution is -0.137. The first-order valence-electron chi connectivity index (χ1n) is 15.3. The Hall–Kier alpha value is -2.88. The summed E-state index contributed by atoms with van der Waals surface area (Å²) in [5.41, 5.74) is 3.70. The fourth-order valence-corrected chi connectivity index (χ4v) is 7.21. The maximum absolute atomic E-state index is 13.4. The van der Waals surface area contributed by atoms with E-state index in [4.69, 9.17) is 22.4 Å². The van der Waals surface area contributed by atoms with Gasteiger partial charge in [0.1, 0.15) is 4.32 Å². The Balaban J connectivity index is 1.39. The first kappa shape index (κ1) is 33.0. The molecule has 1 saturated heterocycles. The number of thiocarbonyl (C=S) groups is 1. The van der Waals surface area contributed by atoms with Crippen LogP contribution in [0, 0.1) is 0 Å². The number of nitrogens with zero attached hydrogens (tertiary/aromatic N) is 3. The molecular weight excluding hydrogens is 595 g/mol. The summed E-state index contributed by atoms with van der Waals surface area (Å²) < 4.78 is 2.48. The van der Waals surface area contributed by atoms with Gasteiger partial charge in [-0.25, -0.2) is 4.68 Å². The molecule has 1 amide bonds. The van der Waals surface area contributed by atoms with Crippen molar-refractivity contribution in [3.05, 3.63) is 71.3 Å². The third-order valence-corrected chi connectivity index (χ3v) is 9.82. The Morgan fingerprint density at radius 1 is 0.953 bits per heavy atom. The molecule has 0 atom stereocenters. The van der Waals surface area contributed by atoms with Crippen molar-refractivity contribution in [1.29, 1.82) is 0 Å². The van der Waals surface area contributed by atoms with E-state index in [0.29, 0.717) is 15.8 Å².